The molecule has 1 aromatic carbocycles. The molecule has 3 amide bonds. The van der Waals surface area contributed by atoms with Gasteiger partial charge in [0, 0.05) is 55.8 Å². The van der Waals surface area contributed by atoms with Gasteiger partial charge in [0.25, 0.3) is 0 Å². The van der Waals surface area contributed by atoms with Gasteiger partial charge in [-0.05, 0) is 50.1 Å². The van der Waals surface area contributed by atoms with Crippen LogP contribution in [-0.2, 0) is 11.2 Å². The summed E-state index contributed by atoms with van der Waals surface area (Å²) >= 11 is 0. The average Bonchev–Trinajstić information content (AvgIpc) is 3.51. The van der Waals surface area contributed by atoms with Gasteiger partial charge in [0.05, 0.1) is 5.69 Å². The third-order valence-corrected chi connectivity index (χ3v) is 6.22. The molecule has 0 radical (unpaired) electrons. The second kappa shape index (κ2) is 8.64. The van der Waals surface area contributed by atoms with Crippen molar-refractivity contribution in [2.45, 2.75) is 33.8 Å². The lowest BCUT2D eigenvalue weighted by Gasteiger charge is -2.22. The van der Waals surface area contributed by atoms with E-state index in [0.29, 0.717) is 31.9 Å². The van der Waals surface area contributed by atoms with Crippen LogP contribution >= 0.6 is 0 Å². The number of carbonyl (C=O) groups is 2. The van der Waals surface area contributed by atoms with Crippen molar-refractivity contribution < 1.29 is 23.1 Å². The molecule has 1 fully saturated rings. The number of anilines is 3. The van der Waals surface area contributed by atoms with E-state index in [2.05, 4.69) is 14.7 Å². The molecule has 1 saturated heterocycles. The van der Waals surface area contributed by atoms with E-state index in [-0.39, 0.29) is 17.7 Å². The van der Waals surface area contributed by atoms with Gasteiger partial charge < -0.3 is 9.64 Å². The van der Waals surface area contributed by atoms with Crippen molar-refractivity contribution in [3.63, 3.8) is 0 Å². The number of benzene rings is 1. The Morgan fingerprint density at radius 2 is 1.86 bits per heavy atom. The highest BCUT2D eigenvalue weighted by atomic mass is 19.3. The molecule has 0 saturated carbocycles. The lowest BCUT2D eigenvalue weighted by molar-refractivity contribution is -0.125. The summed E-state index contributed by atoms with van der Waals surface area (Å²) in [5, 5.41) is 4.63. The Morgan fingerprint density at radius 3 is 2.54 bits per heavy atom. The first-order valence-electron chi connectivity index (χ1n) is 11.2. The maximum Gasteiger partial charge on any atom is 0.387 e. The highest BCUT2D eigenvalue weighted by Gasteiger charge is 2.34. The van der Waals surface area contributed by atoms with Crippen LogP contribution in [0.4, 0.5) is 30.9 Å². The molecular weight excluding hydrogens is 458 g/mol. The molecule has 0 atom stereocenters. The van der Waals surface area contributed by atoms with Crippen molar-refractivity contribution in [1.82, 2.24) is 19.7 Å². The highest BCUT2D eigenvalue weighted by molar-refractivity contribution is 6.03. The molecule has 4 heterocycles. The summed E-state index contributed by atoms with van der Waals surface area (Å²) in [7, 11) is 0. The number of ether oxygens (including phenoxy) is 1. The summed E-state index contributed by atoms with van der Waals surface area (Å²) in [5.41, 5.74) is 4.30. The molecule has 0 aliphatic carbocycles. The summed E-state index contributed by atoms with van der Waals surface area (Å²) in [4.78, 5) is 33.7. The van der Waals surface area contributed by atoms with Gasteiger partial charge in [0.2, 0.25) is 5.91 Å². The fourth-order valence-electron chi connectivity index (χ4n) is 4.64. The van der Waals surface area contributed by atoms with Crippen molar-refractivity contribution in [3.8, 4) is 11.4 Å². The van der Waals surface area contributed by atoms with Gasteiger partial charge in [-0.3, -0.25) is 14.6 Å². The Kier molecular flexibility index (Phi) is 5.62. The number of halogens is 2. The van der Waals surface area contributed by atoms with Crippen LogP contribution in [0.1, 0.15) is 23.7 Å². The minimum absolute atomic E-state index is 0.113. The third-order valence-electron chi connectivity index (χ3n) is 6.22. The van der Waals surface area contributed by atoms with Crippen LogP contribution in [-0.4, -0.2) is 57.8 Å². The molecule has 2 aliphatic heterocycles. The van der Waals surface area contributed by atoms with Gasteiger partial charge in [-0.1, -0.05) is 0 Å². The summed E-state index contributed by atoms with van der Waals surface area (Å²) in [5.74, 6) is 1.08. The first kappa shape index (κ1) is 22.8. The molecule has 2 aromatic heterocycles. The predicted octanol–water partition coefficient (Wildman–Crippen LogP) is 3.97. The van der Waals surface area contributed by atoms with E-state index in [4.69, 9.17) is 4.98 Å². The monoisotopic (exact) mass is 482 g/mol. The zero-order valence-corrected chi connectivity index (χ0v) is 19.5. The molecule has 11 heteroatoms. The summed E-state index contributed by atoms with van der Waals surface area (Å²) in [6.45, 7) is 3.63. The minimum atomic E-state index is -2.88. The Morgan fingerprint density at radius 1 is 1.06 bits per heavy atom. The van der Waals surface area contributed by atoms with E-state index in [1.165, 1.54) is 22.8 Å². The molecule has 5 rings (SSSR count). The Bertz CT molecular complexity index is 1320. The van der Waals surface area contributed by atoms with Crippen molar-refractivity contribution in [1.29, 1.82) is 0 Å². The SMILES string of the molecule is CC(=O)N1CCN(c2ccn(-c3cc(C)nc4c3CCN4c3ccc(OC(F)F)cc3C)n2)C1=O. The van der Waals surface area contributed by atoms with Crippen LogP contribution in [0.15, 0.2) is 36.5 Å². The van der Waals surface area contributed by atoms with Gasteiger partial charge in [0.1, 0.15) is 11.6 Å². The van der Waals surface area contributed by atoms with E-state index in [1.807, 2.05) is 19.9 Å². The van der Waals surface area contributed by atoms with E-state index < -0.39 is 6.61 Å². The highest BCUT2D eigenvalue weighted by Crippen LogP contribution is 2.39. The number of aryl methyl sites for hydroxylation is 2. The van der Waals surface area contributed by atoms with Crippen molar-refractivity contribution in [3.05, 3.63) is 53.3 Å². The molecule has 35 heavy (non-hydrogen) atoms. The lowest BCUT2D eigenvalue weighted by atomic mass is 10.1. The fourth-order valence-corrected chi connectivity index (χ4v) is 4.64. The second-order valence-electron chi connectivity index (χ2n) is 8.54. The topological polar surface area (TPSA) is 83.8 Å². The number of alkyl halides is 2. The van der Waals surface area contributed by atoms with Crippen LogP contribution in [0.25, 0.3) is 5.69 Å². The van der Waals surface area contributed by atoms with Crippen LogP contribution in [0, 0.1) is 13.8 Å². The number of imide groups is 1. The van der Waals surface area contributed by atoms with E-state index in [0.717, 1.165) is 34.0 Å². The van der Waals surface area contributed by atoms with Crippen LogP contribution < -0.4 is 14.5 Å². The molecule has 0 N–H and O–H groups in total. The third kappa shape index (κ3) is 4.07. The largest absolute Gasteiger partial charge is 0.435 e. The summed E-state index contributed by atoms with van der Waals surface area (Å²) in [6.07, 6.45) is 2.50. The Balaban J connectivity index is 1.46. The first-order chi connectivity index (χ1) is 16.7. The fraction of sp³-hybridized carbons (Fsp3) is 0.333. The number of pyridine rings is 1. The van der Waals surface area contributed by atoms with Crippen molar-refractivity contribution in [2.24, 2.45) is 0 Å². The summed E-state index contributed by atoms with van der Waals surface area (Å²) in [6, 6.07) is 8.20. The molecule has 0 unspecified atom stereocenters. The Hall–Kier alpha value is -4.02. The summed E-state index contributed by atoms with van der Waals surface area (Å²) < 4.78 is 31.4. The number of carbonyl (C=O) groups excluding carboxylic acids is 2. The quantitative estimate of drug-likeness (QED) is 0.547. The van der Waals surface area contributed by atoms with Crippen LogP contribution in [0.2, 0.25) is 0 Å². The Labute approximate surface area is 200 Å². The number of hydrogen-bond donors (Lipinski definition) is 0. The number of aromatic nitrogens is 3. The molecule has 9 nitrogen and oxygen atoms in total. The van der Waals surface area contributed by atoms with Gasteiger partial charge in [-0.15, -0.1) is 5.10 Å². The van der Waals surface area contributed by atoms with E-state index >= 15 is 0 Å². The lowest BCUT2D eigenvalue weighted by Crippen LogP contribution is -2.35. The van der Waals surface area contributed by atoms with Crippen LogP contribution in [0.3, 0.4) is 0 Å². The molecule has 3 aromatic rings. The van der Waals surface area contributed by atoms with Gasteiger partial charge in [-0.25, -0.2) is 14.5 Å². The molecule has 0 bridgehead atoms. The second-order valence-corrected chi connectivity index (χ2v) is 8.54. The van der Waals surface area contributed by atoms with Gasteiger partial charge in [0.15, 0.2) is 5.82 Å². The number of nitrogens with zero attached hydrogens (tertiary/aromatic N) is 6. The first-order valence-corrected chi connectivity index (χ1v) is 11.2. The van der Waals surface area contributed by atoms with E-state index in [1.54, 1.807) is 29.1 Å². The average molecular weight is 482 g/mol. The van der Waals surface area contributed by atoms with E-state index in [9.17, 15) is 18.4 Å². The number of hydrogen-bond acceptors (Lipinski definition) is 6. The minimum Gasteiger partial charge on any atom is -0.435 e. The normalized spacial score (nSPS) is 15.4. The standard InChI is InChI=1S/C24H24F2N6O3/c1-14-12-17(35-23(25)26)4-5-19(14)30-8-6-18-20(13-15(2)27-22(18)30)32-9-7-21(28-32)31-11-10-29(16(3)33)24(31)34/h4-5,7,9,12-13,23H,6,8,10-11H2,1-3H3. The molecule has 0 spiro atoms. The van der Waals surface area contributed by atoms with Crippen LogP contribution in [0.5, 0.6) is 5.75 Å². The van der Waals surface area contributed by atoms with Gasteiger partial charge in [-0.2, -0.15) is 8.78 Å². The number of rotatable bonds is 5. The number of amides is 3. The molecule has 182 valence electrons. The van der Waals surface area contributed by atoms with Crippen molar-refractivity contribution >= 4 is 29.3 Å². The maximum atomic E-state index is 12.6. The number of fused-ring (bicyclic) bond motifs is 1. The smallest absolute Gasteiger partial charge is 0.387 e. The van der Waals surface area contributed by atoms with Gasteiger partial charge >= 0.3 is 12.6 Å². The maximum absolute atomic E-state index is 12.6. The number of urea groups is 1. The van der Waals surface area contributed by atoms with Crippen molar-refractivity contribution in [2.75, 3.05) is 29.4 Å². The predicted molar refractivity (Wildman–Crippen MR) is 125 cm³/mol. The molecule has 2 aliphatic rings. The zero-order chi connectivity index (χ0) is 24.9. The molecular formula is C24H24F2N6O3. The zero-order valence-electron chi connectivity index (χ0n) is 19.5.